The zero-order chi connectivity index (χ0) is 32.1. The number of para-hydroxylation sites is 1. The maximum Gasteiger partial charge on any atom is 0.326 e. The van der Waals surface area contributed by atoms with Gasteiger partial charge in [0.05, 0.1) is 12.5 Å². The van der Waals surface area contributed by atoms with Crippen molar-refractivity contribution >= 4 is 52.4 Å². The highest BCUT2D eigenvalue weighted by atomic mass is 16.4. The van der Waals surface area contributed by atoms with Gasteiger partial charge in [0, 0.05) is 36.5 Å². The Balaban J connectivity index is 2.28. The molecule has 1 aromatic heterocycles. The Kier molecular flexibility index (Phi) is 12.9. The quantitative estimate of drug-likeness (QED) is 0.0462. The van der Waals surface area contributed by atoms with E-state index in [9.17, 15) is 33.9 Å². The van der Waals surface area contributed by atoms with Crippen molar-refractivity contribution in [2.45, 2.75) is 62.7 Å². The van der Waals surface area contributed by atoms with Crippen LogP contribution >= 0.6 is 0 Å². The summed E-state index contributed by atoms with van der Waals surface area (Å²) < 4.78 is 0. The fraction of sp³-hybridized carbons (Fsp3) is 0.423. The van der Waals surface area contributed by atoms with Crippen molar-refractivity contribution in [1.82, 2.24) is 20.9 Å². The Bertz CT molecular complexity index is 1350. The van der Waals surface area contributed by atoms with Crippen molar-refractivity contribution < 1.29 is 33.9 Å². The van der Waals surface area contributed by atoms with Gasteiger partial charge in [0.15, 0.2) is 5.96 Å². The first-order chi connectivity index (χ1) is 20.3. The number of aliphatic carboxylic acids is 1. The number of benzene rings is 1. The maximum atomic E-state index is 13.4. The highest BCUT2D eigenvalue weighted by Crippen LogP contribution is 2.19. The Labute approximate surface area is 246 Å². The van der Waals surface area contributed by atoms with Crippen LogP contribution in [0.1, 0.15) is 37.7 Å². The lowest BCUT2D eigenvalue weighted by atomic mass is 10.0. The summed E-state index contributed by atoms with van der Waals surface area (Å²) >= 11 is 0. The zero-order valence-electron chi connectivity index (χ0n) is 23.4. The first-order valence-corrected chi connectivity index (χ1v) is 13.3. The van der Waals surface area contributed by atoms with Gasteiger partial charge in [-0.05, 0) is 30.9 Å². The van der Waals surface area contributed by atoms with E-state index in [2.05, 4.69) is 25.9 Å². The number of carbonyl (C=O) groups is 6. The number of carboxylic acid groups (broad SMARTS) is 1. The molecule has 17 nitrogen and oxygen atoms in total. The number of aromatic nitrogens is 1. The number of fused-ring (bicyclic) bond motifs is 1. The molecular weight excluding hydrogens is 564 g/mol. The number of guanidine groups is 1. The van der Waals surface area contributed by atoms with E-state index in [-0.39, 0.29) is 38.2 Å². The van der Waals surface area contributed by atoms with E-state index in [0.717, 1.165) is 10.9 Å². The van der Waals surface area contributed by atoms with Gasteiger partial charge in [-0.2, -0.15) is 0 Å². The average Bonchev–Trinajstić information content (AvgIpc) is 3.34. The van der Waals surface area contributed by atoms with E-state index >= 15 is 0 Å². The van der Waals surface area contributed by atoms with E-state index in [4.69, 9.17) is 28.7 Å². The second-order valence-corrected chi connectivity index (χ2v) is 9.82. The van der Waals surface area contributed by atoms with E-state index in [0.29, 0.717) is 12.0 Å². The molecule has 15 N–H and O–H groups in total. The minimum absolute atomic E-state index is 0.106. The van der Waals surface area contributed by atoms with E-state index in [1.165, 1.54) is 0 Å². The van der Waals surface area contributed by atoms with Crippen molar-refractivity contribution in [3.8, 4) is 0 Å². The van der Waals surface area contributed by atoms with Crippen LogP contribution in [0.3, 0.4) is 0 Å². The third kappa shape index (κ3) is 11.3. The number of carbonyl (C=O) groups excluding carboxylic acids is 5. The highest BCUT2D eigenvalue weighted by Gasteiger charge is 2.31. The standard InChI is InChI=1S/C26H38N10O7/c27-15(5-3-9-32-26(30)31)22(39)34-17(7-8-20(28)37)23(40)35-18(24(41)36-19(25(42)43)11-21(29)38)10-13-12-33-16-6-2-1-4-14(13)16/h1-2,4,6,12,15,17-19,33H,3,5,7-11,27H2,(H2,28,37)(H2,29,38)(H,34,39)(H,35,40)(H,36,41)(H,42,43)(H4,30,31,32). The SMILES string of the molecule is NC(=O)CCC(NC(=O)C(N)CCCN=C(N)N)C(=O)NC(Cc1c[nH]c2ccccc12)C(=O)NC(CC(N)=O)C(=O)O. The van der Waals surface area contributed by atoms with E-state index in [1.807, 2.05) is 0 Å². The van der Waals surface area contributed by atoms with Crippen LogP contribution in [0.2, 0.25) is 0 Å². The second kappa shape index (κ2) is 16.3. The summed E-state index contributed by atoms with van der Waals surface area (Å²) in [6.07, 6.45) is 0.884. The van der Waals surface area contributed by atoms with Crippen LogP contribution in [0, 0.1) is 0 Å². The molecule has 0 aliphatic rings. The van der Waals surface area contributed by atoms with Crippen LogP contribution in [0.5, 0.6) is 0 Å². The number of nitrogens with two attached hydrogens (primary N) is 5. The van der Waals surface area contributed by atoms with Crippen LogP contribution in [0.4, 0.5) is 0 Å². The van der Waals surface area contributed by atoms with E-state index in [1.54, 1.807) is 30.5 Å². The van der Waals surface area contributed by atoms with Crippen LogP contribution in [-0.4, -0.2) is 82.3 Å². The number of hydrogen-bond acceptors (Lipinski definition) is 8. The topological polar surface area (TPSA) is 317 Å². The molecule has 4 unspecified atom stereocenters. The van der Waals surface area contributed by atoms with E-state index < -0.39 is 66.1 Å². The molecule has 234 valence electrons. The summed E-state index contributed by atoms with van der Waals surface area (Å²) in [6, 6.07) is 1.75. The zero-order valence-corrected chi connectivity index (χ0v) is 23.4. The van der Waals surface area contributed by atoms with Gasteiger partial charge in [-0.25, -0.2) is 4.79 Å². The maximum absolute atomic E-state index is 13.4. The third-order valence-corrected chi connectivity index (χ3v) is 6.37. The van der Waals surface area contributed by atoms with Crippen molar-refractivity contribution in [2.24, 2.45) is 33.7 Å². The molecule has 4 atom stereocenters. The number of carboxylic acids is 1. The number of rotatable bonds is 18. The number of hydrogen-bond donors (Lipinski definition) is 10. The molecule has 0 radical (unpaired) electrons. The lowest BCUT2D eigenvalue weighted by Gasteiger charge is -2.25. The Morgan fingerprint density at radius 3 is 2.09 bits per heavy atom. The first kappa shape index (κ1) is 34.0. The second-order valence-electron chi connectivity index (χ2n) is 9.82. The minimum Gasteiger partial charge on any atom is -0.480 e. The lowest BCUT2D eigenvalue weighted by molar-refractivity contribution is -0.143. The molecule has 0 saturated carbocycles. The monoisotopic (exact) mass is 602 g/mol. The Morgan fingerprint density at radius 2 is 1.47 bits per heavy atom. The molecule has 0 saturated heterocycles. The molecule has 43 heavy (non-hydrogen) atoms. The minimum atomic E-state index is -1.66. The van der Waals surface area contributed by atoms with Crippen molar-refractivity contribution in [1.29, 1.82) is 0 Å². The van der Waals surface area contributed by atoms with Crippen LogP contribution in [-0.2, 0) is 35.2 Å². The summed E-state index contributed by atoms with van der Waals surface area (Å²) in [6.45, 7) is 0.229. The molecule has 1 heterocycles. The van der Waals surface area contributed by atoms with Crippen LogP contribution in [0.15, 0.2) is 35.5 Å². The molecular formula is C26H38N10O7. The normalized spacial score (nSPS) is 13.6. The van der Waals surface area contributed by atoms with Gasteiger partial charge in [-0.3, -0.25) is 29.0 Å². The molecule has 17 heteroatoms. The number of aromatic amines is 1. The number of nitrogens with one attached hydrogen (secondary N) is 4. The fourth-order valence-corrected chi connectivity index (χ4v) is 4.16. The van der Waals surface area contributed by atoms with Crippen molar-refractivity contribution in [3.05, 3.63) is 36.0 Å². The molecule has 5 amide bonds. The number of aliphatic imine (C=N–C) groups is 1. The Hall–Kier alpha value is -5.19. The van der Waals surface area contributed by atoms with Crippen LogP contribution < -0.4 is 44.6 Å². The lowest BCUT2D eigenvalue weighted by Crippen LogP contribution is -2.58. The first-order valence-electron chi connectivity index (χ1n) is 13.3. The summed E-state index contributed by atoms with van der Waals surface area (Å²) in [4.78, 5) is 80.8. The summed E-state index contributed by atoms with van der Waals surface area (Å²) in [7, 11) is 0. The van der Waals surface area contributed by atoms with Gasteiger partial charge < -0.3 is 54.7 Å². The van der Waals surface area contributed by atoms with Gasteiger partial charge in [0.25, 0.3) is 0 Å². The van der Waals surface area contributed by atoms with Gasteiger partial charge in [0.1, 0.15) is 18.1 Å². The predicted molar refractivity (Wildman–Crippen MR) is 156 cm³/mol. The van der Waals surface area contributed by atoms with Gasteiger partial charge in [0.2, 0.25) is 29.5 Å². The average molecular weight is 603 g/mol. The molecule has 0 bridgehead atoms. The molecule has 2 rings (SSSR count). The predicted octanol–water partition coefficient (Wildman–Crippen LogP) is -3.23. The molecule has 0 fully saturated rings. The number of amides is 5. The smallest absolute Gasteiger partial charge is 0.326 e. The molecule has 1 aromatic carbocycles. The highest BCUT2D eigenvalue weighted by molar-refractivity contribution is 5.95. The van der Waals surface area contributed by atoms with Gasteiger partial charge in [-0.1, -0.05) is 18.2 Å². The molecule has 0 spiro atoms. The number of nitrogens with zero attached hydrogens (tertiary/aromatic N) is 1. The number of H-pyrrole nitrogens is 1. The van der Waals surface area contributed by atoms with Crippen LogP contribution in [0.25, 0.3) is 10.9 Å². The van der Waals surface area contributed by atoms with Gasteiger partial charge in [-0.15, -0.1) is 0 Å². The molecule has 0 aliphatic heterocycles. The summed E-state index contributed by atoms with van der Waals surface area (Å²) in [5.74, 6) is -5.82. The van der Waals surface area contributed by atoms with Crippen molar-refractivity contribution in [2.75, 3.05) is 6.54 Å². The van der Waals surface area contributed by atoms with Gasteiger partial charge >= 0.3 is 5.97 Å². The molecule has 2 aromatic rings. The largest absolute Gasteiger partial charge is 0.480 e. The summed E-state index contributed by atoms with van der Waals surface area (Å²) in [5.41, 5.74) is 28.2. The number of primary amides is 2. The Morgan fingerprint density at radius 1 is 0.837 bits per heavy atom. The fourth-order valence-electron chi connectivity index (χ4n) is 4.16. The summed E-state index contributed by atoms with van der Waals surface area (Å²) in [5, 5.41) is 17.4. The van der Waals surface area contributed by atoms with Crippen molar-refractivity contribution in [3.63, 3.8) is 0 Å². The third-order valence-electron chi connectivity index (χ3n) is 6.37. The molecule has 0 aliphatic carbocycles.